The molecule has 0 saturated carbocycles. The maximum Gasteiger partial charge on any atom is 0.339 e. The number of halogens is 1. The number of carboxylic acid groups (broad SMARTS) is 1. The highest BCUT2D eigenvalue weighted by Gasteiger charge is 2.12. The first-order valence-corrected chi connectivity index (χ1v) is 6.28. The molecule has 0 aliphatic carbocycles. The van der Waals surface area contributed by atoms with Gasteiger partial charge in [0.2, 0.25) is 0 Å². The Kier molecular flexibility index (Phi) is 3.71. The van der Waals surface area contributed by atoms with Gasteiger partial charge in [-0.1, -0.05) is 22.0 Å². The van der Waals surface area contributed by atoms with E-state index in [0.717, 1.165) is 15.7 Å². The third kappa shape index (κ3) is 3.03. The van der Waals surface area contributed by atoms with Gasteiger partial charge in [0, 0.05) is 10.2 Å². The van der Waals surface area contributed by atoms with E-state index in [1.807, 2.05) is 25.1 Å². The van der Waals surface area contributed by atoms with Gasteiger partial charge in [-0.25, -0.2) is 9.78 Å². The number of nitrogens with zero attached hydrogens (tertiary/aromatic N) is 1. The first kappa shape index (κ1) is 13.4. The standard InChI is InChI=1S/C13H12BrN3O2/c1-7-2-3-9(5-11(7)14)17-12-10(13(18)19)4-8(15)6-16-12/h2-6H,15H2,1H3,(H,16,17)(H,18,19). The molecule has 1 aromatic heterocycles. The van der Waals surface area contributed by atoms with Crippen LogP contribution in [0.1, 0.15) is 15.9 Å². The summed E-state index contributed by atoms with van der Waals surface area (Å²) in [6.07, 6.45) is 1.41. The first-order valence-electron chi connectivity index (χ1n) is 5.49. The van der Waals surface area contributed by atoms with Gasteiger partial charge in [0.15, 0.2) is 0 Å². The summed E-state index contributed by atoms with van der Waals surface area (Å²) < 4.78 is 0.935. The average molecular weight is 322 g/mol. The lowest BCUT2D eigenvalue weighted by Crippen LogP contribution is -2.06. The van der Waals surface area contributed by atoms with Crippen LogP contribution in [0.15, 0.2) is 34.9 Å². The molecule has 0 bridgehead atoms. The van der Waals surface area contributed by atoms with Crippen LogP contribution in [0.25, 0.3) is 0 Å². The number of nitrogen functional groups attached to an aromatic ring is 1. The van der Waals surface area contributed by atoms with Crippen LogP contribution in [-0.2, 0) is 0 Å². The van der Waals surface area contributed by atoms with E-state index in [1.54, 1.807) is 0 Å². The number of hydrogen-bond acceptors (Lipinski definition) is 4. The summed E-state index contributed by atoms with van der Waals surface area (Å²) in [6.45, 7) is 1.97. The average Bonchev–Trinajstić information content (AvgIpc) is 2.36. The Bertz CT molecular complexity index is 644. The molecule has 0 unspecified atom stereocenters. The lowest BCUT2D eigenvalue weighted by Gasteiger charge is -2.10. The van der Waals surface area contributed by atoms with Gasteiger partial charge >= 0.3 is 5.97 Å². The van der Waals surface area contributed by atoms with Crippen molar-refractivity contribution in [3.8, 4) is 0 Å². The van der Waals surface area contributed by atoms with E-state index in [4.69, 9.17) is 10.8 Å². The molecule has 5 nitrogen and oxygen atoms in total. The van der Waals surface area contributed by atoms with Gasteiger partial charge in [-0.05, 0) is 30.7 Å². The number of anilines is 3. The second kappa shape index (κ2) is 5.27. The predicted octanol–water partition coefficient (Wildman–Crippen LogP) is 3.18. The summed E-state index contributed by atoms with van der Waals surface area (Å²) in [6, 6.07) is 7.01. The molecule has 6 heteroatoms. The number of rotatable bonds is 3. The van der Waals surface area contributed by atoms with Crippen molar-refractivity contribution in [2.45, 2.75) is 6.92 Å². The highest BCUT2D eigenvalue weighted by atomic mass is 79.9. The van der Waals surface area contributed by atoms with Crippen molar-refractivity contribution in [3.63, 3.8) is 0 Å². The molecule has 98 valence electrons. The first-order chi connectivity index (χ1) is 8.97. The molecule has 1 heterocycles. The Balaban J connectivity index is 2.37. The van der Waals surface area contributed by atoms with Crippen LogP contribution >= 0.6 is 15.9 Å². The Morgan fingerprint density at radius 3 is 2.79 bits per heavy atom. The Hall–Kier alpha value is -2.08. The van der Waals surface area contributed by atoms with Crippen molar-refractivity contribution >= 4 is 39.1 Å². The smallest absolute Gasteiger partial charge is 0.339 e. The zero-order valence-electron chi connectivity index (χ0n) is 10.1. The number of aryl methyl sites for hydroxylation is 1. The van der Waals surface area contributed by atoms with E-state index in [1.165, 1.54) is 12.3 Å². The molecule has 4 N–H and O–H groups in total. The van der Waals surface area contributed by atoms with Crippen LogP contribution < -0.4 is 11.1 Å². The van der Waals surface area contributed by atoms with E-state index >= 15 is 0 Å². The molecule has 0 spiro atoms. The van der Waals surface area contributed by atoms with E-state index in [0.29, 0.717) is 5.69 Å². The lowest BCUT2D eigenvalue weighted by molar-refractivity contribution is 0.0697. The Labute approximate surface area is 118 Å². The van der Waals surface area contributed by atoms with E-state index in [9.17, 15) is 4.79 Å². The van der Waals surface area contributed by atoms with E-state index in [-0.39, 0.29) is 11.4 Å². The van der Waals surface area contributed by atoms with Crippen LogP contribution in [-0.4, -0.2) is 16.1 Å². The maximum absolute atomic E-state index is 11.1. The number of aromatic nitrogens is 1. The largest absolute Gasteiger partial charge is 0.478 e. The van der Waals surface area contributed by atoms with Gasteiger partial charge in [0.05, 0.1) is 11.9 Å². The molecule has 0 radical (unpaired) electrons. The summed E-state index contributed by atoms with van der Waals surface area (Å²) in [4.78, 5) is 15.2. The van der Waals surface area contributed by atoms with Gasteiger partial charge in [-0.2, -0.15) is 0 Å². The molecule has 2 rings (SSSR count). The third-order valence-corrected chi connectivity index (χ3v) is 3.43. The highest BCUT2D eigenvalue weighted by Crippen LogP contribution is 2.25. The molecule has 19 heavy (non-hydrogen) atoms. The Morgan fingerprint density at radius 1 is 1.42 bits per heavy atom. The molecule has 0 aliphatic heterocycles. The number of aromatic carboxylic acids is 1. The third-order valence-electron chi connectivity index (χ3n) is 2.57. The number of nitrogens with two attached hydrogens (primary N) is 1. The van der Waals surface area contributed by atoms with Gasteiger partial charge in [0.25, 0.3) is 0 Å². The summed E-state index contributed by atoms with van der Waals surface area (Å²) in [7, 11) is 0. The molecule has 0 amide bonds. The number of hydrogen-bond donors (Lipinski definition) is 3. The Morgan fingerprint density at radius 2 is 2.16 bits per heavy atom. The molecular weight excluding hydrogens is 310 g/mol. The van der Waals surface area contributed by atoms with Crippen LogP contribution in [0.3, 0.4) is 0 Å². The minimum Gasteiger partial charge on any atom is -0.478 e. The number of pyridine rings is 1. The topological polar surface area (TPSA) is 88.2 Å². The fourth-order valence-electron chi connectivity index (χ4n) is 1.55. The van der Waals surface area contributed by atoms with Crippen LogP contribution in [0.2, 0.25) is 0 Å². The van der Waals surface area contributed by atoms with E-state index < -0.39 is 5.97 Å². The quantitative estimate of drug-likeness (QED) is 0.808. The van der Waals surface area contributed by atoms with Crippen molar-refractivity contribution in [3.05, 3.63) is 46.1 Å². The summed E-state index contributed by atoms with van der Waals surface area (Å²) in [5.41, 5.74) is 7.73. The second-order valence-electron chi connectivity index (χ2n) is 4.06. The fraction of sp³-hybridized carbons (Fsp3) is 0.0769. The van der Waals surface area contributed by atoms with E-state index in [2.05, 4.69) is 26.2 Å². The van der Waals surface area contributed by atoms with Gasteiger partial charge in [0.1, 0.15) is 11.4 Å². The van der Waals surface area contributed by atoms with Crippen molar-refractivity contribution in [1.29, 1.82) is 0 Å². The van der Waals surface area contributed by atoms with Gasteiger partial charge in [-0.3, -0.25) is 0 Å². The number of benzene rings is 1. The molecular formula is C13H12BrN3O2. The number of nitrogens with one attached hydrogen (secondary N) is 1. The van der Waals surface area contributed by atoms with Crippen molar-refractivity contribution in [1.82, 2.24) is 4.98 Å². The maximum atomic E-state index is 11.1. The zero-order chi connectivity index (χ0) is 14.0. The van der Waals surface area contributed by atoms with Gasteiger partial charge in [-0.15, -0.1) is 0 Å². The lowest BCUT2D eigenvalue weighted by atomic mass is 10.2. The van der Waals surface area contributed by atoms with Gasteiger partial charge < -0.3 is 16.2 Å². The molecule has 1 aromatic carbocycles. The predicted molar refractivity (Wildman–Crippen MR) is 77.8 cm³/mol. The van der Waals surface area contributed by atoms with Crippen molar-refractivity contribution in [2.75, 3.05) is 11.1 Å². The highest BCUT2D eigenvalue weighted by molar-refractivity contribution is 9.10. The number of carboxylic acids is 1. The van der Waals surface area contributed by atoms with Crippen molar-refractivity contribution in [2.24, 2.45) is 0 Å². The summed E-state index contributed by atoms with van der Waals surface area (Å²) >= 11 is 3.42. The van der Waals surface area contributed by atoms with Crippen LogP contribution in [0, 0.1) is 6.92 Å². The molecule has 0 fully saturated rings. The minimum absolute atomic E-state index is 0.0386. The summed E-state index contributed by atoms with van der Waals surface area (Å²) in [5.74, 6) is -0.814. The molecule has 2 aromatic rings. The SMILES string of the molecule is Cc1ccc(Nc2ncc(N)cc2C(=O)O)cc1Br. The molecule has 0 atom stereocenters. The minimum atomic E-state index is -1.08. The summed E-state index contributed by atoms with van der Waals surface area (Å²) in [5, 5.41) is 12.1. The van der Waals surface area contributed by atoms with Crippen LogP contribution in [0.4, 0.5) is 17.2 Å². The zero-order valence-corrected chi connectivity index (χ0v) is 11.7. The fourth-order valence-corrected chi connectivity index (χ4v) is 1.93. The van der Waals surface area contributed by atoms with Crippen LogP contribution in [0.5, 0.6) is 0 Å². The monoisotopic (exact) mass is 321 g/mol. The molecule has 0 saturated heterocycles. The normalized spacial score (nSPS) is 10.2. The molecule has 0 aliphatic rings. The van der Waals surface area contributed by atoms with Crippen molar-refractivity contribution < 1.29 is 9.90 Å². The second-order valence-corrected chi connectivity index (χ2v) is 4.91. The number of carbonyl (C=O) groups is 1.